The van der Waals surface area contributed by atoms with Crippen LogP contribution >= 0.6 is 0 Å². The van der Waals surface area contributed by atoms with Crippen molar-refractivity contribution in [1.29, 1.82) is 0 Å². The van der Waals surface area contributed by atoms with Crippen molar-refractivity contribution >= 4 is 5.91 Å². The second-order valence-corrected chi connectivity index (χ2v) is 3.93. The van der Waals surface area contributed by atoms with Gasteiger partial charge in [-0.15, -0.1) is 0 Å². The molecule has 4 nitrogen and oxygen atoms in total. The molecule has 0 spiro atoms. The number of carbonyl (C=O) groups excluding carboxylic acids is 1. The van der Waals surface area contributed by atoms with Gasteiger partial charge in [-0.2, -0.15) is 0 Å². The topological polar surface area (TPSA) is 64.3 Å². The van der Waals surface area contributed by atoms with E-state index in [0.717, 1.165) is 17.7 Å². The molecule has 0 aliphatic carbocycles. The van der Waals surface area contributed by atoms with Gasteiger partial charge in [0.25, 0.3) is 0 Å². The normalized spacial score (nSPS) is 12.1. The number of ether oxygens (including phenoxy) is 1. The summed E-state index contributed by atoms with van der Waals surface area (Å²) >= 11 is 0. The standard InChI is InChI=1S/C13H20N2O2/c1-3-7-17-11-6-4-5-10(8-11)12(15-2)9-13(14)16/h4-6,8,12,15H,3,7,9H2,1-2H3,(H2,14,16). The van der Waals surface area contributed by atoms with E-state index in [1.165, 1.54) is 0 Å². The van der Waals surface area contributed by atoms with Crippen LogP contribution in [-0.2, 0) is 4.79 Å². The number of primary amides is 1. The Morgan fingerprint density at radius 2 is 2.29 bits per heavy atom. The van der Waals surface area contributed by atoms with Crippen LogP contribution in [0.3, 0.4) is 0 Å². The molecule has 0 bridgehead atoms. The molecule has 1 unspecified atom stereocenters. The maximum absolute atomic E-state index is 10.9. The van der Waals surface area contributed by atoms with Crippen LogP contribution in [0.15, 0.2) is 24.3 Å². The third-order valence-electron chi connectivity index (χ3n) is 2.49. The van der Waals surface area contributed by atoms with Crippen molar-refractivity contribution in [2.45, 2.75) is 25.8 Å². The molecule has 17 heavy (non-hydrogen) atoms. The van der Waals surface area contributed by atoms with E-state index in [0.29, 0.717) is 6.61 Å². The summed E-state index contributed by atoms with van der Waals surface area (Å²) in [6.07, 6.45) is 1.26. The lowest BCUT2D eigenvalue weighted by Crippen LogP contribution is -2.23. The second kappa shape index (κ2) is 6.91. The summed E-state index contributed by atoms with van der Waals surface area (Å²) in [4.78, 5) is 10.9. The van der Waals surface area contributed by atoms with E-state index in [2.05, 4.69) is 12.2 Å². The fraction of sp³-hybridized carbons (Fsp3) is 0.462. The first-order valence-corrected chi connectivity index (χ1v) is 5.85. The van der Waals surface area contributed by atoms with E-state index in [4.69, 9.17) is 10.5 Å². The molecule has 4 heteroatoms. The van der Waals surface area contributed by atoms with Crippen molar-refractivity contribution < 1.29 is 9.53 Å². The molecule has 0 radical (unpaired) electrons. The largest absolute Gasteiger partial charge is 0.494 e. The minimum absolute atomic E-state index is 0.0577. The van der Waals surface area contributed by atoms with Crippen LogP contribution in [0.5, 0.6) is 5.75 Å². The maximum Gasteiger partial charge on any atom is 0.219 e. The Balaban J connectivity index is 2.77. The zero-order chi connectivity index (χ0) is 12.7. The van der Waals surface area contributed by atoms with Crippen LogP contribution in [0.1, 0.15) is 31.4 Å². The average molecular weight is 236 g/mol. The maximum atomic E-state index is 10.9. The molecule has 0 saturated heterocycles. The third kappa shape index (κ3) is 4.44. The van der Waals surface area contributed by atoms with Gasteiger partial charge in [0.05, 0.1) is 6.61 Å². The van der Waals surface area contributed by atoms with Crippen molar-refractivity contribution in [1.82, 2.24) is 5.32 Å². The molecular formula is C13H20N2O2. The summed E-state index contributed by atoms with van der Waals surface area (Å²) in [5, 5.41) is 3.08. The van der Waals surface area contributed by atoms with Gasteiger partial charge >= 0.3 is 0 Å². The van der Waals surface area contributed by atoms with Crippen LogP contribution < -0.4 is 15.8 Å². The van der Waals surface area contributed by atoms with E-state index in [1.54, 1.807) is 0 Å². The van der Waals surface area contributed by atoms with Gasteiger partial charge in [-0.25, -0.2) is 0 Å². The molecule has 3 N–H and O–H groups in total. The first-order valence-electron chi connectivity index (χ1n) is 5.85. The summed E-state index contributed by atoms with van der Waals surface area (Å²) in [5.41, 5.74) is 6.23. The van der Waals surface area contributed by atoms with E-state index in [9.17, 15) is 4.79 Å². The molecule has 1 aromatic carbocycles. The summed E-state index contributed by atoms with van der Waals surface area (Å²) in [6, 6.07) is 7.68. The molecule has 94 valence electrons. The fourth-order valence-corrected chi connectivity index (χ4v) is 1.63. The van der Waals surface area contributed by atoms with Gasteiger partial charge in [0.1, 0.15) is 5.75 Å². The SMILES string of the molecule is CCCOc1cccc(C(CC(N)=O)NC)c1. The molecule has 1 rings (SSSR count). The zero-order valence-electron chi connectivity index (χ0n) is 10.4. The summed E-state index contributed by atoms with van der Waals surface area (Å²) < 4.78 is 5.55. The molecule has 1 atom stereocenters. The highest BCUT2D eigenvalue weighted by molar-refractivity contribution is 5.74. The fourth-order valence-electron chi connectivity index (χ4n) is 1.63. The van der Waals surface area contributed by atoms with Gasteiger partial charge in [-0.1, -0.05) is 19.1 Å². The predicted octanol–water partition coefficient (Wildman–Crippen LogP) is 1.61. The van der Waals surface area contributed by atoms with Gasteiger partial charge in [0, 0.05) is 12.5 Å². The monoisotopic (exact) mass is 236 g/mol. The first kappa shape index (κ1) is 13.5. The highest BCUT2D eigenvalue weighted by Gasteiger charge is 2.12. The summed E-state index contributed by atoms with van der Waals surface area (Å²) in [5.74, 6) is 0.512. The highest BCUT2D eigenvalue weighted by Crippen LogP contribution is 2.21. The molecule has 0 heterocycles. The molecule has 1 amide bonds. The van der Waals surface area contributed by atoms with Crippen LogP contribution in [0, 0.1) is 0 Å². The van der Waals surface area contributed by atoms with E-state index < -0.39 is 0 Å². The molecule has 0 aliphatic heterocycles. The Bertz CT molecular complexity index is 366. The van der Waals surface area contributed by atoms with Crippen molar-refractivity contribution in [3.05, 3.63) is 29.8 Å². The zero-order valence-corrected chi connectivity index (χ0v) is 10.4. The Morgan fingerprint density at radius 3 is 2.88 bits per heavy atom. The highest BCUT2D eigenvalue weighted by atomic mass is 16.5. The number of nitrogens with two attached hydrogens (primary N) is 1. The van der Waals surface area contributed by atoms with Gasteiger partial charge < -0.3 is 15.8 Å². The predicted molar refractivity (Wildman–Crippen MR) is 67.8 cm³/mol. The van der Waals surface area contributed by atoms with Gasteiger partial charge in [-0.3, -0.25) is 4.79 Å². The lowest BCUT2D eigenvalue weighted by Gasteiger charge is -2.16. The number of rotatable bonds is 7. The number of amides is 1. The van der Waals surface area contributed by atoms with Gasteiger partial charge in [0.2, 0.25) is 5.91 Å². The lowest BCUT2D eigenvalue weighted by molar-refractivity contribution is -0.118. The van der Waals surface area contributed by atoms with Gasteiger partial charge in [0.15, 0.2) is 0 Å². The van der Waals surface area contributed by atoms with Crippen LogP contribution in [0.4, 0.5) is 0 Å². The first-order chi connectivity index (χ1) is 8.17. The molecule has 0 aliphatic rings. The Kier molecular flexibility index (Phi) is 5.49. The van der Waals surface area contributed by atoms with Crippen molar-refractivity contribution in [3.8, 4) is 5.75 Å². The number of benzene rings is 1. The molecule has 0 aromatic heterocycles. The third-order valence-corrected chi connectivity index (χ3v) is 2.49. The van der Waals surface area contributed by atoms with E-state index in [1.807, 2.05) is 31.3 Å². The average Bonchev–Trinajstić information content (AvgIpc) is 2.33. The number of hydrogen-bond donors (Lipinski definition) is 2. The Labute approximate surface area is 102 Å². The molecule has 0 saturated carbocycles. The van der Waals surface area contributed by atoms with Gasteiger partial charge in [-0.05, 0) is 31.2 Å². The van der Waals surface area contributed by atoms with E-state index in [-0.39, 0.29) is 18.4 Å². The Hall–Kier alpha value is -1.55. The van der Waals surface area contributed by atoms with Crippen LogP contribution in [0.25, 0.3) is 0 Å². The quantitative estimate of drug-likeness (QED) is 0.756. The summed E-state index contributed by atoms with van der Waals surface area (Å²) in [6.45, 7) is 2.76. The van der Waals surface area contributed by atoms with E-state index >= 15 is 0 Å². The molecular weight excluding hydrogens is 216 g/mol. The summed E-state index contributed by atoms with van der Waals surface area (Å²) in [7, 11) is 1.81. The smallest absolute Gasteiger partial charge is 0.219 e. The minimum atomic E-state index is -0.316. The van der Waals surface area contributed by atoms with Crippen LogP contribution in [0.2, 0.25) is 0 Å². The van der Waals surface area contributed by atoms with Crippen molar-refractivity contribution in [3.63, 3.8) is 0 Å². The van der Waals surface area contributed by atoms with Crippen molar-refractivity contribution in [2.24, 2.45) is 5.73 Å². The number of hydrogen-bond acceptors (Lipinski definition) is 3. The Morgan fingerprint density at radius 1 is 1.53 bits per heavy atom. The van der Waals surface area contributed by atoms with Crippen molar-refractivity contribution in [2.75, 3.05) is 13.7 Å². The lowest BCUT2D eigenvalue weighted by atomic mass is 10.0. The minimum Gasteiger partial charge on any atom is -0.494 e. The second-order valence-electron chi connectivity index (χ2n) is 3.93. The number of nitrogens with one attached hydrogen (secondary N) is 1. The molecule has 0 fully saturated rings. The number of carbonyl (C=O) groups is 1. The van der Waals surface area contributed by atoms with Crippen LogP contribution in [-0.4, -0.2) is 19.6 Å². The molecule has 1 aromatic rings.